The number of hydrogen-bond donors (Lipinski definition) is 0. The minimum atomic E-state index is 0.317. The number of rotatable bonds is 4. The molecule has 0 bridgehead atoms. The van der Waals surface area contributed by atoms with Gasteiger partial charge in [0.05, 0.1) is 0 Å². The lowest BCUT2D eigenvalue weighted by molar-refractivity contribution is 0.267. The van der Waals surface area contributed by atoms with Crippen LogP contribution in [0.5, 0.6) is 0 Å². The molecule has 0 amide bonds. The van der Waals surface area contributed by atoms with Crippen molar-refractivity contribution in [3.05, 3.63) is 35.4 Å². The molecule has 0 fully saturated rings. The molecular weight excluding hydrogens is 152 g/mol. The van der Waals surface area contributed by atoms with Gasteiger partial charge in [-0.05, 0) is 17.5 Å². The first kappa shape index (κ1) is 8.78. The Hall–Kier alpha value is -1.31. The molecule has 0 unspecified atom stereocenters. The second-order valence-electron chi connectivity index (χ2n) is 2.55. The van der Waals surface area contributed by atoms with Crippen LogP contribution in [0.25, 0.3) is 0 Å². The highest BCUT2D eigenvalue weighted by Crippen LogP contribution is 2.06. The molecule has 0 N–H and O–H groups in total. The monoisotopic (exact) mass is 163 g/mol. The average Bonchev–Trinajstić information content (AvgIpc) is 2.15. The van der Waals surface area contributed by atoms with Crippen LogP contribution in [-0.2, 0) is 22.6 Å². The van der Waals surface area contributed by atoms with Gasteiger partial charge < -0.3 is 4.74 Å². The number of ether oxygens (including phenoxy) is 1. The summed E-state index contributed by atoms with van der Waals surface area (Å²) >= 11 is 0. The number of benzene rings is 1. The van der Waals surface area contributed by atoms with Gasteiger partial charge in [0.2, 0.25) is 0 Å². The van der Waals surface area contributed by atoms with E-state index in [0.717, 1.165) is 12.0 Å². The summed E-state index contributed by atoms with van der Waals surface area (Å²) in [6, 6.07) is 7.96. The highest BCUT2D eigenvalue weighted by molar-refractivity contribution is 5.38. The zero-order valence-electron chi connectivity index (χ0n) is 7.04. The van der Waals surface area contributed by atoms with Crippen LogP contribution in [0.15, 0.2) is 24.3 Å². The molecule has 1 rings (SSSR count). The summed E-state index contributed by atoms with van der Waals surface area (Å²) < 4.78 is 4.51. The van der Waals surface area contributed by atoms with Crippen molar-refractivity contribution in [3.63, 3.8) is 0 Å². The zero-order chi connectivity index (χ0) is 8.81. The third-order valence-electron chi connectivity index (χ3n) is 1.70. The van der Waals surface area contributed by atoms with Crippen LogP contribution in [0, 0.1) is 0 Å². The van der Waals surface area contributed by atoms with E-state index in [4.69, 9.17) is 0 Å². The van der Waals surface area contributed by atoms with Crippen LogP contribution >= 0.6 is 0 Å². The van der Waals surface area contributed by atoms with Crippen molar-refractivity contribution >= 4 is 6.47 Å². The van der Waals surface area contributed by atoms with Crippen LogP contribution in [-0.4, -0.2) is 6.47 Å². The molecule has 0 heterocycles. The summed E-state index contributed by atoms with van der Waals surface area (Å²) in [4.78, 5) is 9.79. The van der Waals surface area contributed by atoms with Crippen molar-refractivity contribution in [1.82, 2.24) is 0 Å². The summed E-state index contributed by atoms with van der Waals surface area (Å²) in [5.74, 6) is 0. The summed E-state index contributed by atoms with van der Waals surface area (Å²) in [6.45, 7) is 3.81. The summed E-state index contributed by atoms with van der Waals surface area (Å²) in [5.41, 5.74) is 2.26. The number of hydrogen-bond acceptors (Lipinski definition) is 2. The molecule has 2 heteroatoms. The standard InChI is InChI=1S/C10H11O2/c1-2-9-4-3-5-10(6-9)7-12-8-11/h3-6H,2,7H2,1H3. The first-order valence-corrected chi connectivity index (χ1v) is 3.93. The molecule has 63 valence electrons. The van der Waals surface area contributed by atoms with Crippen molar-refractivity contribution in [3.8, 4) is 0 Å². The Bertz CT molecular complexity index is 256. The zero-order valence-corrected chi connectivity index (χ0v) is 7.04. The van der Waals surface area contributed by atoms with Crippen molar-refractivity contribution in [2.45, 2.75) is 20.0 Å². The molecule has 2 nitrogen and oxygen atoms in total. The van der Waals surface area contributed by atoms with E-state index in [1.807, 2.05) is 24.3 Å². The van der Waals surface area contributed by atoms with Gasteiger partial charge in [-0.25, -0.2) is 4.79 Å². The third-order valence-corrected chi connectivity index (χ3v) is 1.70. The van der Waals surface area contributed by atoms with E-state index in [2.05, 4.69) is 11.7 Å². The van der Waals surface area contributed by atoms with Crippen LogP contribution < -0.4 is 0 Å². The van der Waals surface area contributed by atoms with Crippen LogP contribution in [0.1, 0.15) is 18.1 Å². The predicted molar refractivity (Wildman–Crippen MR) is 46.3 cm³/mol. The van der Waals surface area contributed by atoms with Crippen molar-refractivity contribution < 1.29 is 9.53 Å². The summed E-state index contributed by atoms with van der Waals surface area (Å²) in [7, 11) is 0. The van der Waals surface area contributed by atoms with Crippen molar-refractivity contribution in [1.29, 1.82) is 0 Å². The average molecular weight is 163 g/mol. The van der Waals surface area contributed by atoms with E-state index in [0.29, 0.717) is 6.61 Å². The van der Waals surface area contributed by atoms with Gasteiger partial charge in [0.15, 0.2) is 0 Å². The molecule has 0 aliphatic carbocycles. The van der Waals surface area contributed by atoms with Crippen LogP contribution in [0.4, 0.5) is 0 Å². The van der Waals surface area contributed by atoms with E-state index in [1.54, 1.807) is 0 Å². The van der Waals surface area contributed by atoms with Crippen molar-refractivity contribution in [2.75, 3.05) is 0 Å². The Kier molecular flexibility index (Phi) is 3.33. The van der Waals surface area contributed by atoms with E-state index >= 15 is 0 Å². The summed E-state index contributed by atoms with van der Waals surface area (Å²) in [5, 5.41) is 0. The predicted octanol–water partition coefficient (Wildman–Crippen LogP) is 1.83. The highest BCUT2D eigenvalue weighted by Gasteiger charge is 1.93. The van der Waals surface area contributed by atoms with Gasteiger partial charge in [-0.1, -0.05) is 31.2 Å². The maximum atomic E-state index is 9.79. The van der Waals surface area contributed by atoms with Gasteiger partial charge in [-0.2, -0.15) is 0 Å². The lowest BCUT2D eigenvalue weighted by Crippen LogP contribution is -1.91. The molecule has 0 spiro atoms. The molecule has 1 radical (unpaired) electrons. The van der Waals surface area contributed by atoms with E-state index < -0.39 is 0 Å². The van der Waals surface area contributed by atoms with Gasteiger partial charge in [-0.3, -0.25) is 0 Å². The second-order valence-corrected chi connectivity index (χ2v) is 2.55. The van der Waals surface area contributed by atoms with Crippen molar-refractivity contribution in [2.24, 2.45) is 0 Å². The fourth-order valence-electron chi connectivity index (χ4n) is 1.05. The largest absolute Gasteiger partial charge is 0.452 e. The van der Waals surface area contributed by atoms with Gasteiger partial charge in [-0.15, -0.1) is 0 Å². The maximum Gasteiger partial charge on any atom is 0.417 e. The lowest BCUT2D eigenvalue weighted by Gasteiger charge is -2.00. The fraction of sp³-hybridized carbons (Fsp3) is 0.300. The Labute approximate surface area is 72.2 Å². The quantitative estimate of drug-likeness (QED) is 0.676. The molecule has 0 aliphatic rings. The van der Waals surface area contributed by atoms with Gasteiger partial charge in [0, 0.05) is 0 Å². The molecule has 1 aromatic rings. The number of aryl methyl sites for hydroxylation is 1. The molecule has 0 aliphatic heterocycles. The Balaban J connectivity index is 2.65. The third kappa shape index (κ3) is 2.38. The van der Waals surface area contributed by atoms with Crippen LogP contribution in [0.3, 0.4) is 0 Å². The first-order chi connectivity index (χ1) is 5.86. The molecule has 0 saturated carbocycles. The SMILES string of the molecule is CCc1cccc(CO[C]=O)c1. The second kappa shape index (κ2) is 4.54. The van der Waals surface area contributed by atoms with Gasteiger partial charge in [0.25, 0.3) is 0 Å². The molecule has 0 aromatic heterocycles. The normalized spacial score (nSPS) is 9.42. The molecule has 12 heavy (non-hydrogen) atoms. The van der Waals surface area contributed by atoms with Gasteiger partial charge >= 0.3 is 6.47 Å². The van der Waals surface area contributed by atoms with E-state index in [1.165, 1.54) is 12.0 Å². The minimum Gasteiger partial charge on any atom is -0.452 e. The molecule has 1 aromatic carbocycles. The minimum absolute atomic E-state index is 0.317. The first-order valence-electron chi connectivity index (χ1n) is 3.93. The molecule has 0 atom stereocenters. The van der Waals surface area contributed by atoms with E-state index in [-0.39, 0.29) is 0 Å². The van der Waals surface area contributed by atoms with Gasteiger partial charge in [0.1, 0.15) is 6.61 Å². The topological polar surface area (TPSA) is 26.3 Å². The molecule has 0 saturated heterocycles. The lowest BCUT2D eigenvalue weighted by atomic mass is 10.1. The van der Waals surface area contributed by atoms with E-state index in [9.17, 15) is 4.79 Å². The Morgan fingerprint density at radius 1 is 1.42 bits per heavy atom. The Morgan fingerprint density at radius 3 is 2.83 bits per heavy atom. The summed E-state index contributed by atoms with van der Waals surface area (Å²) in [6.07, 6.45) is 0.999. The number of carbonyl (C=O) groups excluding carboxylic acids is 1. The Morgan fingerprint density at radius 2 is 2.17 bits per heavy atom. The molecular formula is C10H11O2. The maximum absolute atomic E-state index is 9.79. The smallest absolute Gasteiger partial charge is 0.417 e. The fourth-order valence-corrected chi connectivity index (χ4v) is 1.05. The van der Waals surface area contributed by atoms with Crippen LogP contribution in [0.2, 0.25) is 0 Å². The highest BCUT2D eigenvalue weighted by atomic mass is 16.5.